The molecule has 1 amide bonds. The van der Waals surface area contributed by atoms with Crippen molar-refractivity contribution in [2.45, 2.75) is 52.6 Å². The third kappa shape index (κ3) is 2.91. The lowest BCUT2D eigenvalue weighted by Gasteiger charge is -2.35. The molecule has 2 aromatic rings. The zero-order valence-electron chi connectivity index (χ0n) is 13.4. The van der Waals surface area contributed by atoms with Crippen LogP contribution in [-0.2, 0) is 6.54 Å². The zero-order chi connectivity index (χ0) is 15.7. The molecule has 0 radical (unpaired) electrons. The van der Waals surface area contributed by atoms with Crippen LogP contribution >= 0.6 is 0 Å². The summed E-state index contributed by atoms with van der Waals surface area (Å²) in [5, 5.41) is 8.38. The maximum absolute atomic E-state index is 12.7. The van der Waals surface area contributed by atoms with Gasteiger partial charge in [-0.1, -0.05) is 5.16 Å². The predicted molar refractivity (Wildman–Crippen MR) is 81.6 cm³/mol. The van der Waals surface area contributed by atoms with E-state index in [1.54, 1.807) is 13.0 Å². The van der Waals surface area contributed by atoms with Gasteiger partial charge in [0.25, 0.3) is 5.91 Å². The van der Waals surface area contributed by atoms with Crippen molar-refractivity contribution in [3.8, 4) is 0 Å². The van der Waals surface area contributed by atoms with Crippen LogP contribution in [0.3, 0.4) is 0 Å². The molecule has 2 aromatic heterocycles. The van der Waals surface area contributed by atoms with Crippen LogP contribution in [0.2, 0.25) is 0 Å². The lowest BCUT2D eigenvalue weighted by atomic mass is 10.0. The van der Waals surface area contributed by atoms with Crippen LogP contribution in [0.25, 0.3) is 0 Å². The number of carbonyl (C=O) groups is 1. The van der Waals surface area contributed by atoms with E-state index >= 15 is 0 Å². The van der Waals surface area contributed by atoms with Crippen LogP contribution in [0.5, 0.6) is 0 Å². The average molecular weight is 302 g/mol. The number of rotatable bonds is 3. The Hall–Kier alpha value is -2.11. The predicted octanol–water partition coefficient (Wildman–Crippen LogP) is 2.49. The topological polar surface area (TPSA) is 64.2 Å². The normalized spacial score (nSPS) is 18.7. The first-order valence-corrected chi connectivity index (χ1v) is 7.80. The second-order valence-electron chi connectivity index (χ2n) is 6.08. The third-order valence-electron chi connectivity index (χ3n) is 4.22. The Balaban J connectivity index is 1.79. The van der Waals surface area contributed by atoms with Gasteiger partial charge in [0.1, 0.15) is 5.76 Å². The SMILES string of the molecule is Cc1cc(C)n(C[C@@H]2CCCCN2C(=O)c2cc(C)on2)n1. The second-order valence-corrected chi connectivity index (χ2v) is 6.08. The molecule has 6 heteroatoms. The Morgan fingerprint density at radius 1 is 1.32 bits per heavy atom. The van der Waals surface area contributed by atoms with Gasteiger partial charge < -0.3 is 9.42 Å². The quantitative estimate of drug-likeness (QED) is 0.874. The van der Waals surface area contributed by atoms with E-state index < -0.39 is 0 Å². The average Bonchev–Trinajstić information content (AvgIpc) is 3.05. The summed E-state index contributed by atoms with van der Waals surface area (Å²) in [7, 11) is 0. The van der Waals surface area contributed by atoms with Gasteiger partial charge in [-0.15, -0.1) is 0 Å². The Morgan fingerprint density at radius 2 is 2.14 bits per heavy atom. The maximum Gasteiger partial charge on any atom is 0.276 e. The van der Waals surface area contributed by atoms with Gasteiger partial charge >= 0.3 is 0 Å². The monoisotopic (exact) mass is 302 g/mol. The van der Waals surface area contributed by atoms with E-state index in [1.807, 2.05) is 16.5 Å². The van der Waals surface area contributed by atoms with Crippen LogP contribution < -0.4 is 0 Å². The largest absolute Gasteiger partial charge is 0.361 e. The van der Waals surface area contributed by atoms with E-state index in [0.717, 1.165) is 43.7 Å². The Labute approximate surface area is 130 Å². The molecule has 0 spiro atoms. The van der Waals surface area contributed by atoms with Crippen LogP contribution in [0, 0.1) is 20.8 Å². The molecule has 1 fully saturated rings. The van der Waals surface area contributed by atoms with Gasteiger partial charge in [-0.2, -0.15) is 5.10 Å². The van der Waals surface area contributed by atoms with Gasteiger partial charge in [-0.05, 0) is 46.1 Å². The molecular formula is C16H22N4O2. The summed E-state index contributed by atoms with van der Waals surface area (Å²) in [6, 6.07) is 3.93. The summed E-state index contributed by atoms with van der Waals surface area (Å²) in [5.41, 5.74) is 2.55. The summed E-state index contributed by atoms with van der Waals surface area (Å²) in [4.78, 5) is 14.6. The lowest BCUT2D eigenvalue weighted by Crippen LogP contribution is -2.46. The van der Waals surface area contributed by atoms with Crippen molar-refractivity contribution in [1.82, 2.24) is 19.8 Å². The summed E-state index contributed by atoms with van der Waals surface area (Å²) < 4.78 is 7.04. The second kappa shape index (κ2) is 5.94. The molecule has 0 aliphatic carbocycles. The molecule has 0 unspecified atom stereocenters. The summed E-state index contributed by atoms with van der Waals surface area (Å²) in [6.07, 6.45) is 3.18. The molecule has 1 atom stereocenters. The molecule has 3 rings (SSSR count). The highest BCUT2D eigenvalue weighted by molar-refractivity contribution is 5.92. The van der Waals surface area contributed by atoms with Crippen LogP contribution in [0.15, 0.2) is 16.7 Å². The van der Waals surface area contributed by atoms with Gasteiger partial charge in [0.15, 0.2) is 5.69 Å². The number of likely N-dealkylation sites (tertiary alicyclic amines) is 1. The van der Waals surface area contributed by atoms with Crippen molar-refractivity contribution < 1.29 is 9.32 Å². The maximum atomic E-state index is 12.7. The fourth-order valence-electron chi connectivity index (χ4n) is 3.13. The van der Waals surface area contributed by atoms with E-state index in [-0.39, 0.29) is 11.9 Å². The number of nitrogens with zero attached hydrogens (tertiary/aromatic N) is 4. The van der Waals surface area contributed by atoms with E-state index in [2.05, 4.69) is 23.2 Å². The number of amides is 1. The molecule has 1 saturated heterocycles. The summed E-state index contributed by atoms with van der Waals surface area (Å²) in [6.45, 7) is 7.35. The number of aryl methyl sites for hydroxylation is 3. The minimum atomic E-state index is -0.0388. The van der Waals surface area contributed by atoms with E-state index in [0.29, 0.717) is 11.5 Å². The highest BCUT2D eigenvalue weighted by atomic mass is 16.5. The number of aromatic nitrogens is 3. The molecule has 0 bridgehead atoms. The third-order valence-corrected chi connectivity index (χ3v) is 4.22. The van der Waals surface area contributed by atoms with Crippen molar-refractivity contribution in [3.05, 3.63) is 35.0 Å². The molecule has 1 aliphatic rings. The molecular weight excluding hydrogens is 280 g/mol. The smallest absolute Gasteiger partial charge is 0.276 e. The molecule has 118 valence electrons. The minimum Gasteiger partial charge on any atom is -0.361 e. The molecule has 0 N–H and O–H groups in total. The van der Waals surface area contributed by atoms with Crippen LogP contribution in [0.1, 0.15) is 46.9 Å². The molecule has 3 heterocycles. The zero-order valence-corrected chi connectivity index (χ0v) is 13.4. The van der Waals surface area contributed by atoms with Crippen molar-refractivity contribution in [3.63, 3.8) is 0 Å². The first kappa shape index (κ1) is 14.8. The highest BCUT2D eigenvalue weighted by Gasteiger charge is 2.29. The first-order valence-electron chi connectivity index (χ1n) is 7.80. The Kier molecular flexibility index (Phi) is 4.00. The van der Waals surface area contributed by atoms with Gasteiger partial charge in [-0.3, -0.25) is 9.48 Å². The van der Waals surface area contributed by atoms with Crippen LogP contribution in [0.4, 0.5) is 0 Å². The van der Waals surface area contributed by atoms with E-state index in [9.17, 15) is 4.79 Å². The Bertz CT molecular complexity index is 673. The number of carbonyl (C=O) groups excluding carboxylic acids is 1. The van der Waals surface area contributed by atoms with E-state index in [4.69, 9.17) is 4.52 Å². The lowest BCUT2D eigenvalue weighted by molar-refractivity contribution is 0.0572. The van der Waals surface area contributed by atoms with Crippen LogP contribution in [-0.4, -0.2) is 38.3 Å². The van der Waals surface area contributed by atoms with Crippen molar-refractivity contribution in [1.29, 1.82) is 0 Å². The number of hydrogen-bond donors (Lipinski definition) is 0. The first-order chi connectivity index (χ1) is 10.5. The number of hydrogen-bond acceptors (Lipinski definition) is 4. The summed E-state index contributed by atoms with van der Waals surface area (Å²) in [5.74, 6) is 0.624. The van der Waals surface area contributed by atoms with Crippen molar-refractivity contribution in [2.75, 3.05) is 6.54 Å². The van der Waals surface area contributed by atoms with Gasteiger partial charge in [-0.25, -0.2) is 0 Å². The van der Waals surface area contributed by atoms with Gasteiger partial charge in [0.2, 0.25) is 0 Å². The van der Waals surface area contributed by atoms with Crippen molar-refractivity contribution >= 4 is 5.91 Å². The molecule has 22 heavy (non-hydrogen) atoms. The molecule has 0 saturated carbocycles. The number of piperidine rings is 1. The molecule has 6 nitrogen and oxygen atoms in total. The van der Waals surface area contributed by atoms with Gasteiger partial charge in [0, 0.05) is 18.3 Å². The van der Waals surface area contributed by atoms with Gasteiger partial charge in [0.05, 0.1) is 18.3 Å². The molecule has 0 aromatic carbocycles. The highest BCUT2D eigenvalue weighted by Crippen LogP contribution is 2.21. The standard InChI is InChI=1S/C16H22N4O2/c1-11-8-12(2)20(17-11)10-14-6-4-5-7-19(14)16(21)15-9-13(3)22-18-15/h8-9,14H,4-7,10H2,1-3H3/t14-/m0/s1. The van der Waals surface area contributed by atoms with Crippen molar-refractivity contribution in [2.24, 2.45) is 0 Å². The van der Waals surface area contributed by atoms with E-state index in [1.165, 1.54) is 0 Å². The molecule has 1 aliphatic heterocycles. The fourth-order valence-corrected chi connectivity index (χ4v) is 3.13. The Morgan fingerprint density at radius 3 is 2.77 bits per heavy atom. The summed E-state index contributed by atoms with van der Waals surface area (Å²) >= 11 is 0. The fraction of sp³-hybridized carbons (Fsp3) is 0.562. The minimum absolute atomic E-state index is 0.0388.